The molecule has 0 radical (unpaired) electrons. The molecule has 1 aromatic carbocycles. The number of hydrogen-bond acceptors (Lipinski definition) is 6. The summed E-state index contributed by atoms with van der Waals surface area (Å²) in [6, 6.07) is 8.18. The summed E-state index contributed by atoms with van der Waals surface area (Å²) in [5, 5.41) is 11.5. The summed E-state index contributed by atoms with van der Waals surface area (Å²) in [6.45, 7) is 4.67. The van der Waals surface area contributed by atoms with Crippen molar-refractivity contribution in [2.24, 2.45) is 0 Å². The van der Waals surface area contributed by atoms with Crippen molar-refractivity contribution in [3.63, 3.8) is 0 Å². The molecule has 0 bridgehead atoms. The van der Waals surface area contributed by atoms with Gasteiger partial charge in [0.15, 0.2) is 17.0 Å². The fraction of sp³-hybridized carbons (Fsp3) is 0.235. The number of rotatable bonds is 5. The van der Waals surface area contributed by atoms with E-state index in [-0.39, 0.29) is 11.3 Å². The molecular formula is C17H17ClN8. The summed E-state index contributed by atoms with van der Waals surface area (Å²) in [5.41, 5.74) is 3.40. The first-order chi connectivity index (χ1) is 12.6. The third-order valence-corrected chi connectivity index (χ3v) is 4.23. The van der Waals surface area contributed by atoms with Gasteiger partial charge in [0.25, 0.3) is 0 Å². The number of imidazole rings is 1. The van der Waals surface area contributed by atoms with Crippen molar-refractivity contribution in [1.29, 1.82) is 0 Å². The molecule has 4 rings (SSSR count). The molecule has 0 unspecified atom stereocenters. The predicted octanol–water partition coefficient (Wildman–Crippen LogP) is 3.25. The molecule has 132 valence electrons. The Morgan fingerprint density at radius 1 is 1.19 bits per heavy atom. The highest BCUT2D eigenvalue weighted by molar-refractivity contribution is 6.28. The quantitative estimate of drug-likeness (QED) is 0.544. The normalized spacial score (nSPS) is 11.4. The second-order valence-corrected chi connectivity index (χ2v) is 6.43. The number of nitrogens with zero attached hydrogens (tertiary/aromatic N) is 7. The van der Waals surface area contributed by atoms with Gasteiger partial charge in [-0.05, 0) is 37.1 Å². The van der Waals surface area contributed by atoms with Crippen LogP contribution in [0.5, 0.6) is 0 Å². The van der Waals surface area contributed by atoms with Crippen molar-refractivity contribution in [2.75, 3.05) is 5.32 Å². The Bertz CT molecular complexity index is 1040. The molecule has 4 aromatic rings. The van der Waals surface area contributed by atoms with Gasteiger partial charge in [-0.2, -0.15) is 9.97 Å². The van der Waals surface area contributed by atoms with E-state index in [0.29, 0.717) is 23.5 Å². The molecule has 0 amide bonds. The highest BCUT2D eigenvalue weighted by atomic mass is 35.5. The predicted molar refractivity (Wildman–Crippen MR) is 99.4 cm³/mol. The SMILES string of the molecule is CC(C)n1cnc2c(NCc3ccccc3-n3ccnn3)nc(Cl)nc21. The van der Waals surface area contributed by atoms with Gasteiger partial charge in [0, 0.05) is 12.6 Å². The van der Waals surface area contributed by atoms with E-state index in [1.54, 1.807) is 17.2 Å². The van der Waals surface area contributed by atoms with Crippen LogP contribution in [0.4, 0.5) is 5.82 Å². The average molecular weight is 369 g/mol. The molecule has 0 aliphatic rings. The molecule has 9 heteroatoms. The average Bonchev–Trinajstić information content (AvgIpc) is 3.29. The van der Waals surface area contributed by atoms with Crippen LogP contribution in [-0.4, -0.2) is 34.5 Å². The zero-order chi connectivity index (χ0) is 18.1. The third kappa shape index (κ3) is 2.99. The van der Waals surface area contributed by atoms with Crippen molar-refractivity contribution in [1.82, 2.24) is 34.5 Å². The standard InChI is InChI=1S/C17H17ClN8/c1-11(2)25-10-20-14-15(22-17(18)23-16(14)25)19-9-12-5-3-4-6-13(12)26-8-7-21-24-26/h3-8,10-11H,9H2,1-2H3,(H,19,22,23). The fourth-order valence-electron chi connectivity index (χ4n) is 2.79. The van der Waals surface area contributed by atoms with E-state index in [1.165, 1.54) is 0 Å². The molecule has 0 aliphatic heterocycles. The van der Waals surface area contributed by atoms with E-state index >= 15 is 0 Å². The van der Waals surface area contributed by atoms with Crippen LogP contribution in [0.25, 0.3) is 16.9 Å². The molecule has 0 atom stereocenters. The lowest BCUT2D eigenvalue weighted by atomic mass is 10.2. The van der Waals surface area contributed by atoms with E-state index in [1.807, 2.05) is 35.0 Å². The van der Waals surface area contributed by atoms with Crippen molar-refractivity contribution < 1.29 is 0 Å². The van der Waals surface area contributed by atoms with Crippen LogP contribution in [0.3, 0.4) is 0 Å². The lowest BCUT2D eigenvalue weighted by Crippen LogP contribution is -2.08. The first-order valence-corrected chi connectivity index (χ1v) is 8.60. The largest absolute Gasteiger partial charge is 0.364 e. The second-order valence-electron chi connectivity index (χ2n) is 6.09. The molecule has 0 aliphatic carbocycles. The van der Waals surface area contributed by atoms with Gasteiger partial charge in [-0.1, -0.05) is 23.4 Å². The second kappa shape index (κ2) is 6.72. The molecular weight excluding hydrogens is 352 g/mol. The van der Waals surface area contributed by atoms with Gasteiger partial charge in [-0.15, -0.1) is 5.10 Å². The Morgan fingerprint density at radius 2 is 2.04 bits per heavy atom. The highest BCUT2D eigenvalue weighted by Crippen LogP contribution is 2.24. The fourth-order valence-corrected chi connectivity index (χ4v) is 2.96. The summed E-state index contributed by atoms with van der Waals surface area (Å²) in [7, 11) is 0. The van der Waals surface area contributed by atoms with Crippen LogP contribution in [-0.2, 0) is 6.54 Å². The Kier molecular flexibility index (Phi) is 4.26. The third-order valence-electron chi connectivity index (χ3n) is 4.06. The molecule has 8 nitrogen and oxygen atoms in total. The smallest absolute Gasteiger partial charge is 0.226 e. The van der Waals surface area contributed by atoms with Gasteiger partial charge in [-0.25, -0.2) is 9.67 Å². The van der Waals surface area contributed by atoms with Crippen LogP contribution < -0.4 is 5.32 Å². The Hall–Kier alpha value is -3.00. The zero-order valence-electron chi connectivity index (χ0n) is 14.3. The first-order valence-electron chi connectivity index (χ1n) is 8.22. The van der Waals surface area contributed by atoms with Crippen LogP contribution in [0.2, 0.25) is 5.28 Å². The molecule has 0 fully saturated rings. The van der Waals surface area contributed by atoms with Crippen molar-refractivity contribution >= 4 is 28.6 Å². The topological polar surface area (TPSA) is 86.3 Å². The maximum absolute atomic E-state index is 6.13. The molecule has 1 N–H and O–H groups in total. The molecule has 0 saturated heterocycles. The molecule has 0 saturated carbocycles. The Balaban J connectivity index is 1.68. The summed E-state index contributed by atoms with van der Waals surface area (Å²) in [6.07, 6.45) is 5.22. The summed E-state index contributed by atoms with van der Waals surface area (Å²) in [5.74, 6) is 0.604. The lowest BCUT2D eigenvalue weighted by molar-refractivity contribution is 0.612. The number of anilines is 1. The number of aromatic nitrogens is 7. The molecule has 26 heavy (non-hydrogen) atoms. The monoisotopic (exact) mass is 368 g/mol. The van der Waals surface area contributed by atoms with Crippen molar-refractivity contribution in [3.8, 4) is 5.69 Å². The minimum atomic E-state index is 0.187. The molecule has 3 aromatic heterocycles. The van der Waals surface area contributed by atoms with Crippen molar-refractivity contribution in [2.45, 2.75) is 26.4 Å². The number of para-hydroxylation sites is 1. The summed E-state index contributed by atoms with van der Waals surface area (Å²) in [4.78, 5) is 13.1. The number of nitrogens with one attached hydrogen (secondary N) is 1. The Labute approximate surface area is 154 Å². The number of fused-ring (bicyclic) bond motifs is 1. The van der Waals surface area contributed by atoms with Crippen molar-refractivity contribution in [3.05, 3.63) is 53.8 Å². The van der Waals surface area contributed by atoms with Gasteiger partial charge < -0.3 is 9.88 Å². The Morgan fingerprint density at radius 3 is 2.81 bits per heavy atom. The zero-order valence-corrected chi connectivity index (χ0v) is 15.1. The summed E-state index contributed by atoms with van der Waals surface area (Å²) >= 11 is 6.13. The van der Waals surface area contributed by atoms with Gasteiger partial charge in [0.05, 0.1) is 24.4 Å². The van der Waals surface area contributed by atoms with Crippen LogP contribution in [0.1, 0.15) is 25.5 Å². The lowest BCUT2D eigenvalue weighted by Gasteiger charge is -2.12. The minimum absolute atomic E-state index is 0.187. The van der Waals surface area contributed by atoms with E-state index in [2.05, 4.69) is 44.4 Å². The summed E-state index contributed by atoms with van der Waals surface area (Å²) < 4.78 is 3.70. The van der Waals surface area contributed by atoms with E-state index < -0.39 is 0 Å². The van der Waals surface area contributed by atoms with E-state index in [4.69, 9.17) is 11.6 Å². The minimum Gasteiger partial charge on any atom is -0.364 e. The van der Waals surface area contributed by atoms with Crippen LogP contribution in [0.15, 0.2) is 43.0 Å². The van der Waals surface area contributed by atoms with Gasteiger partial charge in [0.1, 0.15) is 0 Å². The number of hydrogen-bond donors (Lipinski definition) is 1. The van der Waals surface area contributed by atoms with E-state index in [9.17, 15) is 0 Å². The van der Waals surface area contributed by atoms with Gasteiger partial charge in [0.2, 0.25) is 5.28 Å². The van der Waals surface area contributed by atoms with Gasteiger partial charge in [-0.3, -0.25) is 0 Å². The number of benzene rings is 1. The van der Waals surface area contributed by atoms with Gasteiger partial charge >= 0.3 is 0 Å². The maximum Gasteiger partial charge on any atom is 0.226 e. The molecule has 3 heterocycles. The highest BCUT2D eigenvalue weighted by Gasteiger charge is 2.14. The molecule has 0 spiro atoms. The van der Waals surface area contributed by atoms with Crippen LogP contribution in [0, 0.1) is 0 Å². The first kappa shape index (κ1) is 16.5. The maximum atomic E-state index is 6.13. The van der Waals surface area contributed by atoms with Crippen LogP contribution >= 0.6 is 11.6 Å². The van der Waals surface area contributed by atoms with E-state index in [0.717, 1.165) is 11.3 Å². The number of halogens is 1.